The number of aromatic nitrogens is 1. The highest BCUT2D eigenvalue weighted by atomic mass is 16.5. The quantitative estimate of drug-likeness (QED) is 0.804. The number of hydrogen-bond acceptors (Lipinski definition) is 4. The third-order valence-corrected chi connectivity index (χ3v) is 3.13. The van der Waals surface area contributed by atoms with E-state index in [1.807, 2.05) is 45.0 Å². The summed E-state index contributed by atoms with van der Waals surface area (Å²) < 4.78 is 10.8. The summed E-state index contributed by atoms with van der Waals surface area (Å²) in [6.07, 6.45) is 0. The Morgan fingerprint density at radius 1 is 1.36 bits per heavy atom. The van der Waals surface area contributed by atoms with Gasteiger partial charge in [0.05, 0.1) is 12.3 Å². The highest BCUT2D eigenvalue weighted by molar-refractivity contribution is 5.89. The zero-order valence-electron chi connectivity index (χ0n) is 13.1. The zero-order chi connectivity index (χ0) is 15.9. The second kappa shape index (κ2) is 7.61. The van der Waals surface area contributed by atoms with Crippen LogP contribution in [0.2, 0.25) is 0 Å². The molecular weight excluding hydrogens is 282 g/mol. The lowest BCUT2D eigenvalue weighted by Crippen LogP contribution is -2.31. The van der Waals surface area contributed by atoms with E-state index in [2.05, 4.69) is 15.6 Å². The summed E-state index contributed by atoms with van der Waals surface area (Å²) >= 11 is 0. The number of nitrogens with zero attached hydrogens (tertiary/aromatic N) is 1. The smallest absolute Gasteiger partial charge is 0.319 e. The first-order valence-corrected chi connectivity index (χ1v) is 7.27. The van der Waals surface area contributed by atoms with Crippen LogP contribution >= 0.6 is 0 Å². The molecule has 118 valence electrons. The van der Waals surface area contributed by atoms with Gasteiger partial charge in [-0.25, -0.2) is 9.78 Å². The molecule has 0 saturated heterocycles. The van der Waals surface area contributed by atoms with Crippen molar-refractivity contribution in [3.63, 3.8) is 0 Å². The van der Waals surface area contributed by atoms with Crippen LogP contribution in [0.25, 0.3) is 11.5 Å². The number of oxazole rings is 1. The highest BCUT2D eigenvalue weighted by Crippen LogP contribution is 2.23. The van der Waals surface area contributed by atoms with Crippen LogP contribution < -0.4 is 10.6 Å². The normalized spacial score (nSPS) is 10.5. The molecule has 0 bridgehead atoms. The lowest BCUT2D eigenvalue weighted by atomic mass is 10.2. The van der Waals surface area contributed by atoms with Gasteiger partial charge in [0.15, 0.2) is 0 Å². The summed E-state index contributed by atoms with van der Waals surface area (Å²) in [6, 6.07) is 7.11. The van der Waals surface area contributed by atoms with Gasteiger partial charge in [0.25, 0.3) is 0 Å². The molecule has 2 amide bonds. The van der Waals surface area contributed by atoms with Crippen molar-refractivity contribution in [2.75, 3.05) is 25.1 Å². The summed E-state index contributed by atoms with van der Waals surface area (Å²) in [5, 5.41) is 5.50. The minimum Gasteiger partial charge on any atom is -0.441 e. The van der Waals surface area contributed by atoms with Crippen molar-refractivity contribution < 1.29 is 13.9 Å². The Morgan fingerprint density at radius 2 is 2.18 bits per heavy atom. The minimum absolute atomic E-state index is 0.267. The van der Waals surface area contributed by atoms with Gasteiger partial charge in [0.1, 0.15) is 5.76 Å². The van der Waals surface area contributed by atoms with Gasteiger partial charge in [-0.2, -0.15) is 0 Å². The molecule has 0 radical (unpaired) electrons. The van der Waals surface area contributed by atoms with Crippen LogP contribution in [-0.4, -0.2) is 30.8 Å². The SMILES string of the molecule is CCOCCNC(=O)Nc1cccc(-c2nc(C)c(C)o2)c1. The molecule has 22 heavy (non-hydrogen) atoms. The Hall–Kier alpha value is -2.34. The second-order valence-corrected chi connectivity index (χ2v) is 4.82. The molecule has 0 atom stereocenters. The first kappa shape index (κ1) is 16.0. The van der Waals surface area contributed by atoms with Crippen molar-refractivity contribution in [1.29, 1.82) is 0 Å². The van der Waals surface area contributed by atoms with E-state index in [1.165, 1.54) is 0 Å². The molecule has 6 nitrogen and oxygen atoms in total. The average Bonchev–Trinajstić information content (AvgIpc) is 2.84. The highest BCUT2D eigenvalue weighted by Gasteiger charge is 2.09. The van der Waals surface area contributed by atoms with Crippen LogP contribution in [0.15, 0.2) is 28.7 Å². The number of benzene rings is 1. The Bertz CT molecular complexity index is 618. The maximum absolute atomic E-state index is 11.8. The van der Waals surface area contributed by atoms with Crippen LogP contribution in [0.3, 0.4) is 0 Å². The molecule has 2 aromatic rings. The zero-order valence-corrected chi connectivity index (χ0v) is 13.1. The van der Waals surface area contributed by atoms with E-state index in [1.54, 1.807) is 0 Å². The van der Waals surface area contributed by atoms with E-state index in [-0.39, 0.29) is 6.03 Å². The molecule has 0 aliphatic rings. The summed E-state index contributed by atoms with van der Waals surface area (Å²) in [5.74, 6) is 1.34. The first-order chi connectivity index (χ1) is 10.6. The van der Waals surface area contributed by atoms with Crippen molar-refractivity contribution in [3.8, 4) is 11.5 Å². The van der Waals surface area contributed by atoms with Crippen molar-refractivity contribution in [2.45, 2.75) is 20.8 Å². The van der Waals surface area contributed by atoms with Crippen LogP contribution in [0.1, 0.15) is 18.4 Å². The number of anilines is 1. The van der Waals surface area contributed by atoms with Gasteiger partial charge in [-0.15, -0.1) is 0 Å². The molecule has 0 saturated carbocycles. The molecule has 0 aliphatic carbocycles. The molecule has 6 heteroatoms. The first-order valence-electron chi connectivity index (χ1n) is 7.27. The fraction of sp³-hybridized carbons (Fsp3) is 0.375. The largest absolute Gasteiger partial charge is 0.441 e. The summed E-state index contributed by atoms with van der Waals surface area (Å²) in [6.45, 7) is 7.30. The van der Waals surface area contributed by atoms with E-state index in [4.69, 9.17) is 9.15 Å². The number of nitrogens with one attached hydrogen (secondary N) is 2. The molecular formula is C16H21N3O3. The maximum Gasteiger partial charge on any atom is 0.319 e. The average molecular weight is 303 g/mol. The van der Waals surface area contributed by atoms with Gasteiger partial charge in [0.2, 0.25) is 5.89 Å². The van der Waals surface area contributed by atoms with Gasteiger partial charge >= 0.3 is 6.03 Å². The van der Waals surface area contributed by atoms with Crippen molar-refractivity contribution in [2.24, 2.45) is 0 Å². The Balaban J connectivity index is 1.98. The maximum atomic E-state index is 11.8. The van der Waals surface area contributed by atoms with Gasteiger partial charge in [0, 0.05) is 24.4 Å². The number of carbonyl (C=O) groups excluding carboxylic acids is 1. The third-order valence-electron chi connectivity index (χ3n) is 3.13. The fourth-order valence-electron chi connectivity index (χ4n) is 1.88. The monoisotopic (exact) mass is 303 g/mol. The number of carbonyl (C=O) groups is 1. The lowest BCUT2D eigenvalue weighted by Gasteiger charge is -2.08. The third kappa shape index (κ3) is 4.33. The number of rotatable bonds is 6. The number of ether oxygens (including phenoxy) is 1. The molecule has 0 spiro atoms. The van der Waals surface area contributed by atoms with Crippen molar-refractivity contribution in [3.05, 3.63) is 35.7 Å². The number of urea groups is 1. The van der Waals surface area contributed by atoms with Crippen molar-refractivity contribution >= 4 is 11.7 Å². The van der Waals surface area contributed by atoms with Gasteiger partial charge < -0.3 is 19.8 Å². The fourth-order valence-corrected chi connectivity index (χ4v) is 1.88. The molecule has 1 heterocycles. The predicted octanol–water partition coefficient (Wildman–Crippen LogP) is 3.12. The van der Waals surface area contributed by atoms with Gasteiger partial charge in [-0.05, 0) is 39.0 Å². The van der Waals surface area contributed by atoms with E-state index in [0.29, 0.717) is 31.3 Å². The van der Waals surface area contributed by atoms with Crippen molar-refractivity contribution in [1.82, 2.24) is 10.3 Å². The lowest BCUT2D eigenvalue weighted by molar-refractivity contribution is 0.150. The minimum atomic E-state index is -0.267. The molecule has 0 unspecified atom stereocenters. The number of hydrogen-bond donors (Lipinski definition) is 2. The molecule has 1 aromatic heterocycles. The van der Waals surface area contributed by atoms with Crippen LogP contribution in [0.5, 0.6) is 0 Å². The predicted molar refractivity (Wildman–Crippen MR) is 84.9 cm³/mol. The number of amides is 2. The topological polar surface area (TPSA) is 76.4 Å². The molecule has 0 fully saturated rings. The van der Waals surface area contributed by atoms with E-state index in [9.17, 15) is 4.79 Å². The molecule has 2 N–H and O–H groups in total. The molecule has 1 aromatic carbocycles. The van der Waals surface area contributed by atoms with Gasteiger partial charge in [-0.3, -0.25) is 0 Å². The Labute approximate surface area is 129 Å². The van der Waals surface area contributed by atoms with Crippen LogP contribution in [0.4, 0.5) is 10.5 Å². The van der Waals surface area contributed by atoms with E-state index < -0.39 is 0 Å². The number of aryl methyl sites for hydroxylation is 2. The van der Waals surface area contributed by atoms with Crippen LogP contribution in [-0.2, 0) is 4.74 Å². The summed E-state index contributed by atoms with van der Waals surface area (Å²) in [7, 11) is 0. The molecule has 2 rings (SSSR count). The Morgan fingerprint density at radius 3 is 2.86 bits per heavy atom. The van der Waals surface area contributed by atoms with E-state index >= 15 is 0 Å². The van der Waals surface area contributed by atoms with E-state index in [0.717, 1.165) is 17.0 Å². The standard InChI is InChI=1S/C16H21N3O3/c1-4-21-9-8-17-16(20)19-14-7-5-6-13(10-14)15-18-11(2)12(3)22-15/h5-7,10H,4,8-9H2,1-3H3,(H2,17,19,20). The summed E-state index contributed by atoms with van der Waals surface area (Å²) in [4.78, 5) is 16.1. The van der Waals surface area contributed by atoms with Crippen LogP contribution in [0, 0.1) is 13.8 Å². The second-order valence-electron chi connectivity index (χ2n) is 4.82. The Kier molecular flexibility index (Phi) is 5.55. The van der Waals surface area contributed by atoms with Gasteiger partial charge in [-0.1, -0.05) is 6.07 Å². The molecule has 0 aliphatic heterocycles. The summed E-state index contributed by atoms with van der Waals surface area (Å²) in [5.41, 5.74) is 2.37.